The zero-order valence-electron chi connectivity index (χ0n) is 12.3. The molecule has 7 nitrogen and oxygen atoms in total. The lowest BCUT2D eigenvalue weighted by Gasteiger charge is -2.28. The maximum absolute atomic E-state index is 12.5. The van der Waals surface area contributed by atoms with E-state index in [4.69, 9.17) is 9.84 Å². The molecular formula is C13H20N2O5S. The molecule has 1 aliphatic rings. The summed E-state index contributed by atoms with van der Waals surface area (Å²) in [5.74, 6) is -1.15. The Morgan fingerprint density at radius 1 is 1.62 bits per heavy atom. The number of nitrogens with one attached hydrogen (secondary N) is 1. The minimum absolute atomic E-state index is 0.0397. The zero-order valence-corrected chi connectivity index (χ0v) is 13.1. The monoisotopic (exact) mass is 316 g/mol. The van der Waals surface area contributed by atoms with Crippen LogP contribution in [0.2, 0.25) is 0 Å². The first-order chi connectivity index (χ1) is 9.69. The third kappa shape index (κ3) is 2.97. The molecule has 0 aromatic carbocycles. The van der Waals surface area contributed by atoms with Gasteiger partial charge in [-0.05, 0) is 33.3 Å². The lowest BCUT2D eigenvalue weighted by molar-refractivity contribution is 0.0685. The van der Waals surface area contributed by atoms with E-state index in [2.05, 4.69) is 4.72 Å². The van der Waals surface area contributed by atoms with Crippen molar-refractivity contribution in [3.8, 4) is 0 Å². The van der Waals surface area contributed by atoms with Crippen molar-refractivity contribution in [3.05, 3.63) is 18.0 Å². The standard InChI is InChI=1S/C13H20N2O5S/c1-4-15-8-10(7-11(15)12(16)17)21(18,19)14-13(3)5-6-20-9(13)2/h7-9,14H,4-6H2,1-3H3,(H,16,17). The van der Waals surface area contributed by atoms with Gasteiger partial charge in [0.15, 0.2) is 0 Å². The number of carboxylic acids is 1. The molecule has 118 valence electrons. The van der Waals surface area contributed by atoms with Crippen LogP contribution in [0.15, 0.2) is 17.2 Å². The molecule has 21 heavy (non-hydrogen) atoms. The van der Waals surface area contributed by atoms with Crippen molar-refractivity contribution >= 4 is 16.0 Å². The molecule has 0 bridgehead atoms. The fourth-order valence-electron chi connectivity index (χ4n) is 2.41. The summed E-state index contributed by atoms with van der Waals surface area (Å²) in [6, 6.07) is 1.18. The molecule has 8 heteroatoms. The molecular weight excluding hydrogens is 296 g/mol. The second kappa shape index (κ2) is 5.43. The molecule has 0 amide bonds. The third-order valence-corrected chi connectivity index (χ3v) is 5.57. The molecule has 1 saturated heterocycles. The third-order valence-electron chi connectivity index (χ3n) is 4.00. The number of aromatic nitrogens is 1. The summed E-state index contributed by atoms with van der Waals surface area (Å²) >= 11 is 0. The highest BCUT2D eigenvalue weighted by Gasteiger charge is 2.41. The van der Waals surface area contributed by atoms with Gasteiger partial charge in [0.05, 0.1) is 11.6 Å². The van der Waals surface area contributed by atoms with Crippen LogP contribution in [-0.4, -0.2) is 42.3 Å². The Labute approximate surface area is 124 Å². The molecule has 0 spiro atoms. The van der Waals surface area contributed by atoms with Gasteiger partial charge in [0.25, 0.3) is 0 Å². The molecule has 0 radical (unpaired) electrons. The summed E-state index contributed by atoms with van der Waals surface area (Å²) < 4.78 is 34.4. The van der Waals surface area contributed by atoms with E-state index in [9.17, 15) is 13.2 Å². The number of hydrogen-bond acceptors (Lipinski definition) is 4. The Balaban J connectivity index is 2.34. The number of nitrogens with zero attached hydrogens (tertiary/aromatic N) is 1. The van der Waals surface area contributed by atoms with Gasteiger partial charge in [-0.1, -0.05) is 0 Å². The number of aromatic carboxylic acids is 1. The van der Waals surface area contributed by atoms with E-state index in [-0.39, 0.29) is 16.7 Å². The topological polar surface area (TPSA) is 97.6 Å². The van der Waals surface area contributed by atoms with Crippen molar-refractivity contribution in [1.29, 1.82) is 0 Å². The van der Waals surface area contributed by atoms with Crippen LogP contribution in [0.25, 0.3) is 0 Å². The molecule has 1 aliphatic heterocycles. The molecule has 0 saturated carbocycles. The predicted molar refractivity (Wildman–Crippen MR) is 75.8 cm³/mol. The van der Waals surface area contributed by atoms with Gasteiger partial charge < -0.3 is 14.4 Å². The van der Waals surface area contributed by atoms with Crippen molar-refractivity contribution in [2.45, 2.75) is 50.3 Å². The number of carbonyl (C=O) groups is 1. The minimum atomic E-state index is -3.79. The van der Waals surface area contributed by atoms with Crippen LogP contribution < -0.4 is 4.72 Å². The molecule has 1 aromatic heterocycles. The van der Waals surface area contributed by atoms with Crippen molar-refractivity contribution in [2.24, 2.45) is 0 Å². The summed E-state index contributed by atoms with van der Waals surface area (Å²) in [5, 5.41) is 9.10. The van der Waals surface area contributed by atoms with E-state index < -0.39 is 21.5 Å². The zero-order chi connectivity index (χ0) is 15.8. The minimum Gasteiger partial charge on any atom is -0.477 e. The number of sulfonamides is 1. The van der Waals surface area contributed by atoms with E-state index >= 15 is 0 Å². The lowest BCUT2D eigenvalue weighted by Crippen LogP contribution is -2.50. The molecule has 2 atom stereocenters. The quantitative estimate of drug-likeness (QED) is 0.846. The molecule has 1 aromatic rings. The number of aryl methyl sites for hydroxylation is 1. The maximum Gasteiger partial charge on any atom is 0.352 e. The summed E-state index contributed by atoms with van der Waals surface area (Å²) in [6.45, 7) is 6.24. The smallest absolute Gasteiger partial charge is 0.352 e. The molecule has 2 rings (SSSR count). The summed E-state index contributed by atoms with van der Waals surface area (Å²) in [7, 11) is -3.79. The Kier molecular flexibility index (Phi) is 4.14. The Bertz CT molecular complexity index is 652. The second-order valence-corrected chi connectivity index (χ2v) is 7.12. The Hall–Kier alpha value is -1.38. The fourth-order valence-corrected chi connectivity index (χ4v) is 3.94. The van der Waals surface area contributed by atoms with Gasteiger partial charge >= 0.3 is 5.97 Å². The molecule has 1 fully saturated rings. The van der Waals surface area contributed by atoms with E-state index in [0.29, 0.717) is 19.6 Å². The average molecular weight is 316 g/mol. The summed E-state index contributed by atoms with van der Waals surface area (Å²) in [5.41, 5.74) is -0.727. The van der Waals surface area contributed by atoms with Crippen LogP contribution in [0.1, 0.15) is 37.7 Å². The summed E-state index contributed by atoms with van der Waals surface area (Å²) in [4.78, 5) is 11.1. The van der Waals surface area contributed by atoms with Crippen LogP contribution in [0.3, 0.4) is 0 Å². The van der Waals surface area contributed by atoms with Crippen LogP contribution in [0.5, 0.6) is 0 Å². The number of ether oxygens (including phenoxy) is 1. The van der Waals surface area contributed by atoms with Crippen molar-refractivity contribution in [3.63, 3.8) is 0 Å². The van der Waals surface area contributed by atoms with Crippen molar-refractivity contribution in [2.75, 3.05) is 6.61 Å². The van der Waals surface area contributed by atoms with E-state index in [1.807, 2.05) is 6.92 Å². The van der Waals surface area contributed by atoms with Crippen LogP contribution in [0, 0.1) is 0 Å². The normalized spacial score (nSPS) is 26.1. The predicted octanol–water partition coefficient (Wildman–Crippen LogP) is 1.05. The highest BCUT2D eigenvalue weighted by atomic mass is 32.2. The van der Waals surface area contributed by atoms with Gasteiger partial charge in [-0.25, -0.2) is 17.9 Å². The Morgan fingerprint density at radius 3 is 2.71 bits per heavy atom. The van der Waals surface area contributed by atoms with Gasteiger partial charge in [0.2, 0.25) is 10.0 Å². The molecule has 0 aliphatic carbocycles. The number of hydrogen-bond donors (Lipinski definition) is 2. The van der Waals surface area contributed by atoms with Crippen LogP contribution >= 0.6 is 0 Å². The van der Waals surface area contributed by atoms with Crippen molar-refractivity contribution in [1.82, 2.24) is 9.29 Å². The average Bonchev–Trinajstić information content (AvgIpc) is 2.94. The fraction of sp³-hybridized carbons (Fsp3) is 0.615. The van der Waals surface area contributed by atoms with Crippen molar-refractivity contribution < 1.29 is 23.1 Å². The van der Waals surface area contributed by atoms with Crippen LogP contribution in [-0.2, 0) is 21.3 Å². The molecule has 2 N–H and O–H groups in total. The van der Waals surface area contributed by atoms with Gasteiger partial charge in [0, 0.05) is 19.3 Å². The maximum atomic E-state index is 12.5. The molecule has 2 heterocycles. The number of carboxylic acid groups (broad SMARTS) is 1. The lowest BCUT2D eigenvalue weighted by atomic mass is 9.97. The molecule has 2 unspecified atom stereocenters. The van der Waals surface area contributed by atoms with E-state index in [0.717, 1.165) is 0 Å². The highest BCUT2D eigenvalue weighted by molar-refractivity contribution is 7.89. The Morgan fingerprint density at radius 2 is 2.29 bits per heavy atom. The highest BCUT2D eigenvalue weighted by Crippen LogP contribution is 2.27. The summed E-state index contributed by atoms with van der Waals surface area (Å²) in [6.07, 6.45) is 1.68. The van der Waals surface area contributed by atoms with Gasteiger partial charge in [-0.15, -0.1) is 0 Å². The first kappa shape index (κ1) is 16.0. The van der Waals surface area contributed by atoms with Gasteiger partial charge in [-0.2, -0.15) is 0 Å². The van der Waals surface area contributed by atoms with Gasteiger partial charge in [0.1, 0.15) is 10.6 Å². The van der Waals surface area contributed by atoms with Crippen LogP contribution in [0.4, 0.5) is 0 Å². The SMILES string of the molecule is CCn1cc(S(=O)(=O)NC2(C)CCOC2C)cc1C(=O)O. The first-order valence-electron chi connectivity index (χ1n) is 6.78. The second-order valence-electron chi connectivity index (χ2n) is 5.44. The van der Waals surface area contributed by atoms with E-state index in [1.54, 1.807) is 13.8 Å². The first-order valence-corrected chi connectivity index (χ1v) is 8.27. The van der Waals surface area contributed by atoms with E-state index in [1.165, 1.54) is 16.8 Å². The number of rotatable bonds is 5. The van der Waals surface area contributed by atoms with Gasteiger partial charge in [-0.3, -0.25) is 0 Å². The largest absolute Gasteiger partial charge is 0.477 e.